The van der Waals surface area contributed by atoms with Gasteiger partial charge in [-0.1, -0.05) is 46.9 Å². The highest BCUT2D eigenvalue weighted by Gasteiger charge is 2.21. The molecule has 5 rings (SSSR count). The van der Waals surface area contributed by atoms with Crippen molar-refractivity contribution in [1.82, 2.24) is 19.3 Å². The summed E-state index contributed by atoms with van der Waals surface area (Å²) in [6.07, 6.45) is 4.02. The van der Waals surface area contributed by atoms with Gasteiger partial charge in [0.1, 0.15) is 11.5 Å². The maximum Gasteiger partial charge on any atom is 0.281 e. The predicted molar refractivity (Wildman–Crippen MR) is 151 cm³/mol. The molecule has 0 spiro atoms. The zero-order valence-corrected chi connectivity index (χ0v) is 22.9. The number of benzene rings is 1. The van der Waals surface area contributed by atoms with Crippen LogP contribution < -0.4 is 10.9 Å². The number of halogens is 3. The largest absolute Gasteiger partial charge is 0.365 e. The summed E-state index contributed by atoms with van der Waals surface area (Å²) >= 11 is 21.7. The monoisotopic (exact) mass is 589 g/mol. The SMILES string of the molecule is O=C(c1ccccc1Cl)n1nc(-c2cc(Cl)cn(CCc3cncs3)c2=O)cc1NCc1ccc(Cl)s1. The number of carbonyl (C=O) groups excluding carboxylic acids is 1. The van der Waals surface area contributed by atoms with E-state index in [4.69, 9.17) is 34.8 Å². The zero-order valence-electron chi connectivity index (χ0n) is 19.0. The maximum atomic E-state index is 13.4. The first-order valence-electron chi connectivity index (χ1n) is 11.0. The number of aromatic nitrogens is 4. The van der Waals surface area contributed by atoms with Crippen LogP contribution in [0.2, 0.25) is 14.4 Å². The molecule has 0 fully saturated rings. The van der Waals surface area contributed by atoms with Crippen LogP contribution in [0.4, 0.5) is 5.82 Å². The van der Waals surface area contributed by atoms with Gasteiger partial charge in [0, 0.05) is 41.2 Å². The van der Waals surface area contributed by atoms with Crippen LogP contribution >= 0.6 is 57.5 Å². The van der Waals surface area contributed by atoms with Gasteiger partial charge in [-0.2, -0.15) is 9.78 Å². The van der Waals surface area contributed by atoms with Crippen molar-refractivity contribution in [2.45, 2.75) is 19.5 Å². The average molecular weight is 591 g/mol. The molecule has 0 amide bonds. The van der Waals surface area contributed by atoms with Gasteiger partial charge >= 0.3 is 0 Å². The molecule has 7 nitrogen and oxygen atoms in total. The molecule has 0 aliphatic rings. The number of anilines is 1. The molecule has 4 aromatic heterocycles. The molecule has 188 valence electrons. The van der Waals surface area contributed by atoms with E-state index in [0.717, 1.165) is 9.75 Å². The molecular weight excluding hydrogens is 573 g/mol. The second kappa shape index (κ2) is 11.2. The third-order valence-corrected chi connectivity index (χ3v) is 8.10. The van der Waals surface area contributed by atoms with E-state index in [2.05, 4.69) is 15.4 Å². The van der Waals surface area contributed by atoms with Crippen LogP contribution in [0.25, 0.3) is 11.3 Å². The molecule has 1 aromatic carbocycles. The van der Waals surface area contributed by atoms with Crippen molar-refractivity contribution in [3.05, 3.63) is 106 Å². The standard InChI is InChI=1S/C25H18Cl3N5O2S2/c26-15-9-19(24(34)32(13-15)8-7-16-11-29-14-36-16)21-10-23(30-12-17-5-6-22(28)37-17)33(31-21)25(35)18-3-1-2-4-20(18)27/h1-6,9-11,13-14,30H,7-8,12H2. The number of hydrogen-bond acceptors (Lipinski definition) is 7. The number of nitrogens with one attached hydrogen (secondary N) is 1. The third kappa shape index (κ3) is 5.81. The minimum absolute atomic E-state index is 0.264. The van der Waals surface area contributed by atoms with E-state index in [0.29, 0.717) is 45.4 Å². The van der Waals surface area contributed by atoms with Gasteiger partial charge < -0.3 is 9.88 Å². The second-order valence-corrected chi connectivity index (χ2v) is 11.6. The molecule has 0 saturated carbocycles. The van der Waals surface area contributed by atoms with Crippen molar-refractivity contribution in [3.8, 4) is 11.3 Å². The normalized spacial score (nSPS) is 11.1. The van der Waals surface area contributed by atoms with E-state index in [1.54, 1.807) is 58.9 Å². The van der Waals surface area contributed by atoms with E-state index in [1.807, 2.05) is 12.1 Å². The van der Waals surface area contributed by atoms with Crippen LogP contribution in [0.15, 0.2) is 71.2 Å². The van der Waals surface area contributed by atoms with Crippen LogP contribution in [0, 0.1) is 0 Å². The molecule has 0 aliphatic heterocycles. The fraction of sp³-hybridized carbons (Fsp3) is 0.120. The lowest BCUT2D eigenvalue weighted by Crippen LogP contribution is -2.22. The first-order valence-corrected chi connectivity index (χ1v) is 13.9. The lowest BCUT2D eigenvalue weighted by molar-refractivity contribution is 0.0948. The van der Waals surface area contributed by atoms with Gasteiger partial charge in [0.25, 0.3) is 11.5 Å². The zero-order chi connectivity index (χ0) is 25.9. The fourth-order valence-electron chi connectivity index (χ4n) is 3.71. The Morgan fingerprint density at radius 3 is 2.62 bits per heavy atom. The molecule has 0 unspecified atom stereocenters. The van der Waals surface area contributed by atoms with E-state index < -0.39 is 5.91 Å². The van der Waals surface area contributed by atoms with Gasteiger partial charge in [0.2, 0.25) is 0 Å². The fourth-order valence-corrected chi connectivity index (χ4v) is 5.77. The van der Waals surface area contributed by atoms with Gasteiger partial charge in [-0.25, -0.2) is 0 Å². The van der Waals surface area contributed by atoms with Gasteiger partial charge in [0.15, 0.2) is 0 Å². The Hall–Kier alpha value is -2.95. The number of thiazole rings is 1. The summed E-state index contributed by atoms with van der Waals surface area (Å²) in [6, 6.07) is 13.7. The Labute approximate surface area is 234 Å². The summed E-state index contributed by atoms with van der Waals surface area (Å²) < 4.78 is 3.43. The first kappa shape index (κ1) is 25.7. The number of rotatable bonds is 8. The number of pyridine rings is 1. The van der Waals surface area contributed by atoms with Crippen molar-refractivity contribution < 1.29 is 4.79 Å². The second-order valence-electron chi connectivity index (χ2n) is 7.96. The highest BCUT2D eigenvalue weighted by atomic mass is 35.5. The number of hydrogen-bond donors (Lipinski definition) is 1. The van der Waals surface area contributed by atoms with Gasteiger partial charge in [-0.3, -0.25) is 14.6 Å². The molecule has 0 aliphatic carbocycles. The van der Waals surface area contributed by atoms with Gasteiger partial charge in [-0.15, -0.1) is 22.7 Å². The molecule has 0 radical (unpaired) electrons. The molecule has 0 saturated heterocycles. The van der Waals surface area contributed by atoms with Crippen molar-refractivity contribution in [3.63, 3.8) is 0 Å². The summed E-state index contributed by atoms with van der Waals surface area (Å²) in [4.78, 5) is 32.9. The van der Waals surface area contributed by atoms with Crippen LogP contribution in [-0.2, 0) is 19.5 Å². The lowest BCUT2D eigenvalue weighted by Gasteiger charge is -2.09. The first-order chi connectivity index (χ1) is 17.9. The Morgan fingerprint density at radius 1 is 1.05 bits per heavy atom. The van der Waals surface area contributed by atoms with E-state index in [-0.39, 0.29) is 16.7 Å². The van der Waals surface area contributed by atoms with Crippen LogP contribution in [-0.4, -0.2) is 25.2 Å². The topological polar surface area (TPSA) is 81.8 Å². The highest BCUT2D eigenvalue weighted by molar-refractivity contribution is 7.16. The van der Waals surface area contributed by atoms with Gasteiger partial charge in [0.05, 0.1) is 37.6 Å². The van der Waals surface area contributed by atoms with Crippen molar-refractivity contribution in [1.29, 1.82) is 0 Å². The summed E-state index contributed by atoms with van der Waals surface area (Å²) in [5.41, 5.74) is 2.37. The van der Waals surface area contributed by atoms with Crippen molar-refractivity contribution >= 4 is 69.2 Å². The number of aryl methyl sites for hydroxylation is 2. The molecule has 37 heavy (non-hydrogen) atoms. The van der Waals surface area contributed by atoms with Crippen molar-refractivity contribution in [2.24, 2.45) is 0 Å². The highest BCUT2D eigenvalue weighted by Crippen LogP contribution is 2.27. The average Bonchev–Trinajstić information content (AvgIpc) is 3.64. The minimum atomic E-state index is -0.434. The lowest BCUT2D eigenvalue weighted by atomic mass is 10.2. The van der Waals surface area contributed by atoms with Crippen LogP contribution in [0.1, 0.15) is 20.1 Å². The summed E-state index contributed by atoms with van der Waals surface area (Å²) in [7, 11) is 0. The molecule has 0 bridgehead atoms. The summed E-state index contributed by atoms with van der Waals surface area (Å²) in [5.74, 6) is -0.0314. The van der Waals surface area contributed by atoms with Crippen molar-refractivity contribution in [2.75, 3.05) is 5.32 Å². The summed E-state index contributed by atoms with van der Waals surface area (Å²) in [6.45, 7) is 0.838. The minimum Gasteiger partial charge on any atom is -0.365 e. The quantitative estimate of drug-likeness (QED) is 0.217. The molecule has 12 heteroatoms. The number of thiophene rings is 1. The van der Waals surface area contributed by atoms with E-state index >= 15 is 0 Å². The predicted octanol–water partition coefficient (Wildman–Crippen LogP) is 6.73. The van der Waals surface area contributed by atoms with E-state index in [9.17, 15) is 9.59 Å². The molecule has 5 aromatic rings. The Bertz CT molecular complexity index is 1630. The van der Waals surface area contributed by atoms with Gasteiger partial charge in [-0.05, 0) is 30.3 Å². The summed E-state index contributed by atoms with van der Waals surface area (Å²) in [5, 5.41) is 8.43. The number of nitrogens with zero attached hydrogens (tertiary/aromatic N) is 4. The molecule has 1 N–H and O–H groups in total. The third-order valence-electron chi connectivity index (χ3n) is 5.49. The Kier molecular flexibility index (Phi) is 7.78. The Balaban J connectivity index is 1.53. The molecular formula is C25H18Cl3N5O2S2. The van der Waals surface area contributed by atoms with Crippen LogP contribution in [0.3, 0.4) is 0 Å². The van der Waals surface area contributed by atoms with E-state index in [1.165, 1.54) is 27.4 Å². The smallest absolute Gasteiger partial charge is 0.281 e. The maximum absolute atomic E-state index is 13.4. The molecule has 0 atom stereocenters. The Morgan fingerprint density at radius 2 is 1.89 bits per heavy atom. The van der Waals surface area contributed by atoms with Crippen LogP contribution in [0.5, 0.6) is 0 Å². The molecule has 4 heterocycles. The number of carbonyl (C=O) groups is 1.